The molecule has 0 aliphatic rings. The molecule has 2 nitrogen and oxygen atoms in total. The van der Waals surface area contributed by atoms with Crippen molar-refractivity contribution < 1.29 is 0 Å². The first-order valence-corrected chi connectivity index (χ1v) is 9.45. The lowest BCUT2D eigenvalue weighted by Crippen LogP contribution is -1.83. The molecule has 1 N–H and O–H groups in total. The summed E-state index contributed by atoms with van der Waals surface area (Å²) in [6.45, 7) is 0. The fourth-order valence-corrected chi connectivity index (χ4v) is 4.06. The maximum Gasteiger partial charge on any atom is 0.139 e. The molecule has 0 aliphatic heterocycles. The van der Waals surface area contributed by atoms with Crippen LogP contribution in [0.1, 0.15) is 0 Å². The van der Waals surface area contributed by atoms with Gasteiger partial charge in [0.05, 0.1) is 16.3 Å². The molecule has 0 unspecified atom stereocenters. The van der Waals surface area contributed by atoms with Crippen LogP contribution < -0.4 is 0 Å². The van der Waals surface area contributed by atoms with Crippen LogP contribution in [0.5, 0.6) is 0 Å². The van der Waals surface area contributed by atoms with Crippen molar-refractivity contribution in [2.45, 2.75) is 0 Å². The van der Waals surface area contributed by atoms with Gasteiger partial charge in [0.15, 0.2) is 0 Å². The van der Waals surface area contributed by atoms with Crippen molar-refractivity contribution in [1.82, 2.24) is 9.97 Å². The molecule has 0 bridgehead atoms. The molecule has 2 heterocycles. The zero-order valence-corrected chi connectivity index (χ0v) is 14.8. The molecule has 0 saturated heterocycles. The lowest BCUT2D eigenvalue weighted by Gasteiger charge is -2.03. The summed E-state index contributed by atoms with van der Waals surface area (Å²) >= 11 is 1.73. The van der Waals surface area contributed by atoms with Crippen LogP contribution in [0.2, 0.25) is 0 Å². The van der Waals surface area contributed by atoms with Crippen LogP contribution in [-0.4, -0.2) is 9.97 Å². The molecule has 0 fully saturated rings. The van der Waals surface area contributed by atoms with E-state index in [0.717, 1.165) is 28.3 Å². The number of benzene rings is 3. The van der Waals surface area contributed by atoms with Gasteiger partial charge in [-0.15, -0.1) is 11.3 Å². The monoisotopic (exact) mass is 352 g/mol. The second-order valence-corrected chi connectivity index (χ2v) is 7.13. The summed E-state index contributed by atoms with van der Waals surface area (Å²) < 4.78 is 0. The van der Waals surface area contributed by atoms with Crippen molar-refractivity contribution in [3.63, 3.8) is 0 Å². The molecular weight excluding hydrogens is 336 g/mol. The fraction of sp³-hybridized carbons (Fsp3) is 0. The van der Waals surface area contributed by atoms with E-state index in [0.29, 0.717) is 0 Å². The number of aromatic amines is 1. The minimum Gasteiger partial charge on any atom is -0.337 e. The Labute approximate surface area is 155 Å². The number of thiophene rings is 1. The van der Waals surface area contributed by atoms with Crippen LogP contribution in [0.3, 0.4) is 0 Å². The number of H-pyrrole nitrogens is 1. The average Bonchev–Trinajstić information content (AvgIpc) is 3.38. The third-order valence-electron chi connectivity index (χ3n) is 4.56. The number of aromatic nitrogens is 2. The van der Waals surface area contributed by atoms with E-state index in [2.05, 4.69) is 89.2 Å². The van der Waals surface area contributed by atoms with Crippen molar-refractivity contribution in [2.24, 2.45) is 0 Å². The van der Waals surface area contributed by atoms with Crippen molar-refractivity contribution in [3.05, 3.63) is 90.3 Å². The molecule has 3 aromatic carbocycles. The Hall–Kier alpha value is -3.17. The highest BCUT2D eigenvalue weighted by atomic mass is 32.1. The van der Waals surface area contributed by atoms with Gasteiger partial charge in [-0.3, -0.25) is 0 Å². The van der Waals surface area contributed by atoms with Crippen LogP contribution in [0, 0.1) is 0 Å². The molecule has 0 amide bonds. The molecule has 0 spiro atoms. The van der Waals surface area contributed by atoms with Gasteiger partial charge in [0.1, 0.15) is 5.82 Å². The third-order valence-corrected chi connectivity index (χ3v) is 5.45. The minimum absolute atomic E-state index is 0.907. The predicted molar refractivity (Wildman–Crippen MR) is 110 cm³/mol. The van der Waals surface area contributed by atoms with Crippen LogP contribution in [0.25, 0.3) is 44.0 Å². The summed E-state index contributed by atoms with van der Waals surface area (Å²) in [5.41, 5.74) is 4.33. The minimum atomic E-state index is 0.907. The highest BCUT2D eigenvalue weighted by molar-refractivity contribution is 7.13. The normalized spacial score (nSPS) is 11.1. The van der Waals surface area contributed by atoms with Crippen LogP contribution in [0.15, 0.2) is 90.3 Å². The predicted octanol–water partition coefficient (Wildman–Crippen LogP) is 6.63. The summed E-state index contributed by atoms with van der Waals surface area (Å²) in [6, 6.07) is 29.4. The molecule has 0 saturated carbocycles. The number of nitrogens with zero attached hydrogens (tertiary/aromatic N) is 1. The smallest absolute Gasteiger partial charge is 0.139 e. The van der Waals surface area contributed by atoms with E-state index in [1.54, 1.807) is 11.3 Å². The van der Waals surface area contributed by atoms with Crippen LogP contribution >= 0.6 is 11.3 Å². The second-order valence-electron chi connectivity index (χ2n) is 6.18. The van der Waals surface area contributed by atoms with Crippen molar-refractivity contribution >= 4 is 22.1 Å². The topological polar surface area (TPSA) is 28.7 Å². The van der Waals surface area contributed by atoms with Crippen LogP contribution in [-0.2, 0) is 0 Å². The second kappa shape index (κ2) is 6.28. The van der Waals surface area contributed by atoms with Crippen LogP contribution in [0.4, 0.5) is 0 Å². The molecule has 3 heteroatoms. The average molecular weight is 352 g/mol. The Balaban J connectivity index is 1.76. The van der Waals surface area contributed by atoms with Gasteiger partial charge in [-0.1, -0.05) is 78.9 Å². The van der Waals surface area contributed by atoms with Gasteiger partial charge in [-0.05, 0) is 22.2 Å². The number of hydrogen-bond donors (Lipinski definition) is 1. The van der Waals surface area contributed by atoms with Gasteiger partial charge >= 0.3 is 0 Å². The molecule has 0 radical (unpaired) electrons. The summed E-state index contributed by atoms with van der Waals surface area (Å²) in [6.07, 6.45) is 0. The summed E-state index contributed by atoms with van der Waals surface area (Å²) in [5.74, 6) is 0.907. The van der Waals surface area contributed by atoms with Crippen molar-refractivity contribution in [3.8, 4) is 33.2 Å². The summed E-state index contributed by atoms with van der Waals surface area (Å²) in [4.78, 5) is 9.80. The van der Waals surface area contributed by atoms with Gasteiger partial charge in [0, 0.05) is 11.1 Å². The maximum absolute atomic E-state index is 5.01. The Morgan fingerprint density at radius 3 is 2.38 bits per heavy atom. The number of imidazole rings is 1. The van der Waals surface area contributed by atoms with Gasteiger partial charge < -0.3 is 4.98 Å². The zero-order chi connectivity index (χ0) is 17.3. The highest BCUT2D eigenvalue weighted by Crippen LogP contribution is 2.36. The molecule has 5 rings (SSSR count). The molecule has 2 aromatic heterocycles. The molecule has 26 heavy (non-hydrogen) atoms. The first-order valence-electron chi connectivity index (χ1n) is 8.57. The van der Waals surface area contributed by atoms with Gasteiger partial charge in [-0.2, -0.15) is 0 Å². The van der Waals surface area contributed by atoms with Gasteiger partial charge in [0.25, 0.3) is 0 Å². The first-order chi connectivity index (χ1) is 12.9. The van der Waals surface area contributed by atoms with Gasteiger partial charge in [-0.25, -0.2) is 4.98 Å². The Kier molecular flexibility index (Phi) is 3.65. The number of fused-ring (bicyclic) bond motifs is 1. The highest BCUT2D eigenvalue weighted by Gasteiger charge is 2.16. The summed E-state index contributed by atoms with van der Waals surface area (Å²) in [7, 11) is 0. The van der Waals surface area contributed by atoms with Gasteiger partial charge in [0.2, 0.25) is 0 Å². The standard InChI is InChI=1S/C23H16N2S/c1-2-9-17(10-3-1)21-22(20-14-7-15-26-20)25-23(24-21)19-13-6-11-16-8-4-5-12-18(16)19/h1-15H,(H,24,25). The quantitative estimate of drug-likeness (QED) is 0.388. The number of rotatable bonds is 3. The summed E-state index contributed by atoms with van der Waals surface area (Å²) in [5, 5.41) is 4.53. The number of nitrogens with one attached hydrogen (secondary N) is 1. The van der Waals surface area contributed by atoms with E-state index in [1.807, 2.05) is 6.07 Å². The lowest BCUT2D eigenvalue weighted by molar-refractivity contribution is 1.32. The van der Waals surface area contributed by atoms with E-state index in [1.165, 1.54) is 15.6 Å². The Morgan fingerprint density at radius 2 is 1.54 bits per heavy atom. The molecule has 0 aliphatic carbocycles. The SMILES string of the molecule is c1ccc(-c2nc(-c3cccc4ccccc34)[nH]c2-c2cccs2)cc1. The Bertz CT molecular complexity index is 1170. The van der Waals surface area contributed by atoms with E-state index >= 15 is 0 Å². The molecule has 0 atom stereocenters. The Morgan fingerprint density at radius 1 is 0.731 bits per heavy atom. The largest absolute Gasteiger partial charge is 0.337 e. The van der Waals surface area contributed by atoms with E-state index < -0.39 is 0 Å². The molecule has 124 valence electrons. The third kappa shape index (κ3) is 2.54. The van der Waals surface area contributed by atoms with E-state index in [-0.39, 0.29) is 0 Å². The zero-order valence-electron chi connectivity index (χ0n) is 14.0. The maximum atomic E-state index is 5.01. The fourth-order valence-electron chi connectivity index (χ4n) is 3.34. The van der Waals surface area contributed by atoms with E-state index in [9.17, 15) is 0 Å². The first kappa shape index (κ1) is 15.1. The van der Waals surface area contributed by atoms with Crippen molar-refractivity contribution in [2.75, 3.05) is 0 Å². The lowest BCUT2D eigenvalue weighted by atomic mass is 10.0. The van der Waals surface area contributed by atoms with E-state index in [4.69, 9.17) is 4.98 Å². The van der Waals surface area contributed by atoms with Crippen molar-refractivity contribution in [1.29, 1.82) is 0 Å². The number of hydrogen-bond acceptors (Lipinski definition) is 2. The molecular formula is C23H16N2S. The molecule has 5 aromatic rings.